The van der Waals surface area contributed by atoms with Crippen LogP contribution in [0.4, 0.5) is 0 Å². The number of nitrogens with zero attached hydrogens (tertiary/aromatic N) is 1. The molecule has 0 saturated carbocycles. The fourth-order valence-electron chi connectivity index (χ4n) is 1.95. The summed E-state index contributed by atoms with van der Waals surface area (Å²) in [6, 6.07) is 0.418. The van der Waals surface area contributed by atoms with E-state index in [1.807, 2.05) is 20.8 Å². The van der Waals surface area contributed by atoms with E-state index in [0.717, 1.165) is 12.4 Å². The van der Waals surface area contributed by atoms with Crippen molar-refractivity contribution in [2.24, 2.45) is 4.99 Å². The van der Waals surface area contributed by atoms with Crippen LogP contribution < -0.4 is 10.6 Å². The highest BCUT2D eigenvalue weighted by atomic mass is 32.2. The second-order valence-electron chi connectivity index (χ2n) is 6.56. The molecular formula is C16H35N3OS. The molecular weight excluding hydrogens is 282 g/mol. The Morgan fingerprint density at radius 2 is 1.90 bits per heavy atom. The number of hydrogen-bond donors (Lipinski definition) is 2. The van der Waals surface area contributed by atoms with Gasteiger partial charge in [-0.3, -0.25) is 9.20 Å². The van der Waals surface area contributed by atoms with Gasteiger partial charge in [0.15, 0.2) is 5.96 Å². The summed E-state index contributed by atoms with van der Waals surface area (Å²) < 4.78 is 11.8. The van der Waals surface area contributed by atoms with Gasteiger partial charge in [-0.05, 0) is 34.1 Å². The van der Waals surface area contributed by atoms with Gasteiger partial charge in [-0.2, -0.15) is 0 Å². The molecule has 0 aromatic carbocycles. The highest BCUT2D eigenvalue weighted by Gasteiger charge is 2.18. The number of nitrogens with one attached hydrogen (secondary N) is 2. The molecule has 0 bridgehead atoms. The minimum atomic E-state index is -0.821. The summed E-state index contributed by atoms with van der Waals surface area (Å²) in [6.45, 7) is 11.1. The van der Waals surface area contributed by atoms with Crippen LogP contribution in [0.2, 0.25) is 0 Å². The van der Waals surface area contributed by atoms with Crippen LogP contribution in [0, 0.1) is 0 Å². The first-order valence-corrected chi connectivity index (χ1v) is 9.48. The van der Waals surface area contributed by atoms with Crippen LogP contribution in [0.5, 0.6) is 0 Å². The number of unbranched alkanes of at least 4 members (excludes halogenated alkanes) is 3. The van der Waals surface area contributed by atoms with Crippen LogP contribution in [-0.4, -0.2) is 40.3 Å². The monoisotopic (exact) mass is 317 g/mol. The molecule has 2 atom stereocenters. The molecule has 0 spiro atoms. The van der Waals surface area contributed by atoms with E-state index < -0.39 is 10.8 Å². The van der Waals surface area contributed by atoms with Crippen molar-refractivity contribution in [2.75, 3.05) is 19.3 Å². The van der Waals surface area contributed by atoms with E-state index >= 15 is 0 Å². The third-order valence-corrected chi connectivity index (χ3v) is 5.30. The van der Waals surface area contributed by atoms with Crippen molar-refractivity contribution < 1.29 is 4.21 Å². The van der Waals surface area contributed by atoms with Crippen molar-refractivity contribution in [3.8, 4) is 0 Å². The SMILES string of the molecule is CCCCCCC(C)NC(=NC)NCCS(=O)C(C)(C)C. The molecule has 0 aliphatic heterocycles. The fourth-order valence-corrected chi connectivity index (χ4v) is 2.85. The molecule has 0 aliphatic rings. The number of hydrogen-bond acceptors (Lipinski definition) is 2. The Balaban J connectivity index is 3.93. The van der Waals surface area contributed by atoms with Gasteiger partial charge in [0.25, 0.3) is 0 Å². The second-order valence-corrected chi connectivity index (χ2v) is 8.88. The molecule has 0 amide bonds. The lowest BCUT2D eigenvalue weighted by atomic mass is 10.1. The van der Waals surface area contributed by atoms with E-state index in [9.17, 15) is 4.21 Å². The summed E-state index contributed by atoms with van der Waals surface area (Å²) in [7, 11) is 0.957. The Kier molecular flexibility index (Phi) is 10.7. The zero-order valence-electron chi connectivity index (χ0n) is 14.8. The van der Waals surface area contributed by atoms with E-state index in [2.05, 4.69) is 29.5 Å². The van der Waals surface area contributed by atoms with Crippen LogP contribution in [0.15, 0.2) is 4.99 Å². The Bertz CT molecular complexity index is 324. The Morgan fingerprint density at radius 1 is 1.24 bits per heavy atom. The van der Waals surface area contributed by atoms with E-state index in [4.69, 9.17) is 0 Å². The van der Waals surface area contributed by atoms with Crippen LogP contribution in [-0.2, 0) is 10.8 Å². The standard InChI is InChI=1S/C16H35N3OS/c1-7-8-9-10-11-14(2)19-15(17-6)18-12-13-21(20)16(3,4)5/h14H,7-13H2,1-6H3,(H2,17,18,19). The van der Waals surface area contributed by atoms with Gasteiger partial charge in [0, 0.05) is 40.9 Å². The van der Waals surface area contributed by atoms with Crippen molar-refractivity contribution >= 4 is 16.8 Å². The molecule has 0 radical (unpaired) electrons. The van der Waals surface area contributed by atoms with Crippen LogP contribution in [0.25, 0.3) is 0 Å². The smallest absolute Gasteiger partial charge is 0.191 e. The maximum Gasteiger partial charge on any atom is 0.191 e. The Morgan fingerprint density at radius 3 is 2.43 bits per heavy atom. The minimum absolute atomic E-state index is 0.148. The van der Waals surface area contributed by atoms with Gasteiger partial charge < -0.3 is 10.6 Å². The quantitative estimate of drug-likeness (QED) is 0.390. The second kappa shape index (κ2) is 11.0. The molecule has 2 N–H and O–H groups in total. The maximum absolute atomic E-state index is 12.0. The Hall–Kier alpha value is -0.580. The normalized spacial score (nSPS) is 15.6. The lowest BCUT2D eigenvalue weighted by Gasteiger charge is -2.20. The summed E-state index contributed by atoms with van der Waals surface area (Å²) in [5.41, 5.74) is 0. The molecule has 4 nitrogen and oxygen atoms in total. The Labute approximate surface area is 134 Å². The molecule has 0 aromatic rings. The molecule has 21 heavy (non-hydrogen) atoms. The maximum atomic E-state index is 12.0. The zero-order chi connectivity index (χ0) is 16.3. The third kappa shape index (κ3) is 10.7. The molecule has 0 heterocycles. The molecule has 126 valence electrons. The minimum Gasteiger partial charge on any atom is -0.355 e. The predicted molar refractivity (Wildman–Crippen MR) is 95.5 cm³/mol. The summed E-state index contributed by atoms with van der Waals surface area (Å²) in [5.74, 6) is 1.46. The van der Waals surface area contributed by atoms with Crippen molar-refractivity contribution in [1.29, 1.82) is 0 Å². The molecule has 0 rings (SSSR count). The molecule has 5 heteroatoms. The number of aliphatic imine (C=N–C) groups is 1. The zero-order valence-corrected chi connectivity index (χ0v) is 15.6. The average Bonchev–Trinajstić information content (AvgIpc) is 2.41. The van der Waals surface area contributed by atoms with Crippen LogP contribution in [0.1, 0.15) is 66.7 Å². The van der Waals surface area contributed by atoms with Gasteiger partial charge >= 0.3 is 0 Å². The molecule has 0 aromatic heterocycles. The average molecular weight is 318 g/mol. The molecule has 0 fully saturated rings. The summed E-state index contributed by atoms with van der Waals surface area (Å²) >= 11 is 0. The van der Waals surface area contributed by atoms with Gasteiger partial charge in [-0.25, -0.2) is 0 Å². The molecule has 0 saturated heterocycles. The largest absolute Gasteiger partial charge is 0.355 e. The molecule has 2 unspecified atom stereocenters. The molecule has 0 aliphatic carbocycles. The first kappa shape index (κ1) is 20.4. The van der Waals surface area contributed by atoms with E-state index in [1.165, 1.54) is 25.7 Å². The van der Waals surface area contributed by atoms with E-state index in [0.29, 0.717) is 18.3 Å². The fraction of sp³-hybridized carbons (Fsp3) is 0.938. The van der Waals surface area contributed by atoms with Gasteiger partial charge in [0.05, 0.1) is 0 Å². The number of rotatable bonds is 9. The summed E-state index contributed by atoms with van der Waals surface area (Å²) in [5, 5.41) is 6.65. The van der Waals surface area contributed by atoms with Crippen molar-refractivity contribution in [3.63, 3.8) is 0 Å². The van der Waals surface area contributed by atoms with Gasteiger partial charge in [0.1, 0.15) is 0 Å². The predicted octanol–water partition coefficient (Wildman–Crippen LogP) is 3.06. The van der Waals surface area contributed by atoms with E-state index in [-0.39, 0.29) is 4.75 Å². The summed E-state index contributed by atoms with van der Waals surface area (Å²) in [6.07, 6.45) is 6.31. The van der Waals surface area contributed by atoms with E-state index in [1.54, 1.807) is 7.05 Å². The highest BCUT2D eigenvalue weighted by molar-refractivity contribution is 7.86. The lowest BCUT2D eigenvalue weighted by molar-refractivity contribution is 0.538. The van der Waals surface area contributed by atoms with Gasteiger partial charge in [-0.1, -0.05) is 32.6 Å². The van der Waals surface area contributed by atoms with Crippen LogP contribution >= 0.6 is 0 Å². The third-order valence-electron chi connectivity index (χ3n) is 3.36. The van der Waals surface area contributed by atoms with Crippen molar-refractivity contribution in [3.05, 3.63) is 0 Å². The summed E-state index contributed by atoms with van der Waals surface area (Å²) in [4.78, 5) is 4.23. The van der Waals surface area contributed by atoms with Crippen molar-refractivity contribution in [1.82, 2.24) is 10.6 Å². The first-order chi connectivity index (χ1) is 9.81. The number of guanidine groups is 1. The van der Waals surface area contributed by atoms with Gasteiger partial charge in [0.2, 0.25) is 0 Å². The van der Waals surface area contributed by atoms with Crippen molar-refractivity contribution in [2.45, 2.75) is 77.5 Å². The van der Waals surface area contributed by atoms with Gasteiger partial charge in [-0.15, -0.1) is 0 Å². The first-order valence-electron chi connectivity index (χ1n) is 8.17. The lowest BCUT2D eigenvalue weighted by Crippen LogP contribution is -2.44. The topological polar surface area (TPSA) is 53.5 Å². The highest BCUT2D eigenvalue weighted by Crippen LogP contribution is 2.10. The van der Waals surface area contributed by atoms with Crippen LogP contribution in [0.3, 0.4) is 0 Å².